The van der Waals surface area contributed by atoms with Crippen molar-refractivity contribution in [2.24, 2.45) is 0 Å². The largest absolute Gasteiger partial charge is 0.466 e. The first-order valence-electron chi connectivity index (χ1n) is 9.66. The second kappa shape index (κ2) is 7.27. The number of furan rings is 1. The SMILES string of the molecule is CC(=O)N[C@@H]1CN(Cc2cncn2C2CCCC2)C[C@H]1c1ccc(C)o1. The summed E-state index contributed by atoms with van der Waals surface area (Å²) in [5.41, 5.74) is 1.27. The molecular formula is C20H28N4O2. The first-order chi connectivity index (χ1) is 12.6. The Bertz CT molecular complexity index is 759. The van der Waals surface area contributed by atoms with Crippen LogP contribution in [0.25, 0.3) is 0 Å². The van der Waals surface area contributed by atoms with E-state index >= 15 is 0 Å². The van der Waals surface area contributed by atoms with Crippen molar-refractivity contribution in [2.45, 2.75) is 64.1 Å². The van der Waals surface area contributed by atoms with Gasteiger partial charge in [0.15, 0.2) is 0 Å². The fourth-order valence-electron chi connectivity index (χ4n) is 4.56. The van der Waals surface area contributed by atoms with Crippen molar-refractivity contribution >= 4 is 5.91 Å². The number of amides is 1. The predicted molar refractivity (Wildman–Crippen MR) is 98.8 cm³/mol. The number of rotatable bonds is 5. The minimum Gasteiger partial charge on any atom is -0.466 e. The molecule has 0 radical (unpaired) electrons. The highest BCUT2D eigenvalue weighted by Gasteiger charge is 2.36. The average molecular weight is 356 g/mol. The zero-order valence-corrected chi connectivity index (χ0v) is 15.6. The second-order valence-electron chi connectivity index (χ2n) is 7.79. The van der Waals surface area contributed by atoms with Crippen LogP contribution >= 0.6 is 0 Å². The summed E-state index contributed by atoms with van der Waals surface area (Å²) in [6.45, 7) is 6.13. The maximum atomic E-state index is 11.7. The van der Waals surface area contributed by atoms with Crippen LogP contribution < -0.4 is 5.32 Å². The summed E-state index contributed by atoms with van der Waals surface area (Å²) in [5.74, 6) is 2.09. The highest BCUT2D eigenvalue weighted by molar-refractivity contribution is 5.73. The van der Waals surface area contributed by atoms with E-state index in [0.29, 0.717) is 6.04 Å². The topological polar surface area (TPSA) is 63.3 Å². The van der Waals surface area contributed by atoms with Gasteiger partial charge < -0.3 is 14.3 Å². The van der Waals surface area contributed by atoms with Gasteiger partial charge in [-0.05, 0) is 31.9 Å². The van der Waals surface area contributed by atoms with Crippen molar-refractivity contribution in [3.8, 4) is 0 Å². The molecule has 0 bridgehead atoms. The molecule has 6 nitrogen and oxygen atoms in total. The fraction of sp³-hybridized carbons (Fsp3) is 0.600. The number of carbonyl (C=O) groups excluding carboxylic acids is 1. The number of hydrogen-bond donors (Lipinski definition) is 1. The van der Waals surface area contributed by atoms with Crippen LogP contribution in [0.1, 0.15) is 61.8 Å². The summed E-state index contributed by atoms with van der Waals surface area (Å²) in [4.78, 5) is 18.5. The number of hydrogen-bond acceptors (Lipinski definition) is 4. The van der Waals surface area contributed by atoms with E-state index in [1.165, 1.54) is 31.4 Å². The van der Waals surface area contributed by atoms with Gasteiger partial charge in [-0.2, -0.15) is 0 Å². The lowest BCUT2D eigenvalue weighted by molar-refractivity contribution is -0.119. The van der Waals surface area contributed by atoms with Gasteiger partial charge in [-0.1, -0.05) is 12.8 Å². The smallest absolute Gasteiger partial charge is 0.217 e. The van der Waals surface area contributed by atoms with Gasteiger partial charge in [0.1, 0.15) is 11.5 Å². The molecule has 2 atom stereocenters. The minimum absolute atomic E-state index is 0.0149. The van der Waals surface area contributed by atoms with Crippen LogP contribution in [-0.4, -0.2) is 39.5 Å². The molecule has 1 amide bonds. The van der Waals surface area contributed by atoms with Crippen LogP contribution in [0.2, 0.25) is 0 Å². The van der Waals surface area contributed by atoms with Crippen molar-refractivity contribution in [1.29, 1.82) is 0 Å². The summed E-state index contributed by atoms with van der Waals surface area (Å²) in [7, 11) is 0. The number of nitrogens with zero attached hydrogens (tertiary/aromatic N) is 3. The van der Waals surface area contributed by atoms with E-state index in [1.807, 2.05) is 31.6 Å². The molecule has 2 fully saturated rings. The lowest BCUT2D eigenvalue weighted by Gasteiger charge is -2.20. The molecular weight excluding hydrogens is 328 g/mol. The predicted octanol–water partition coefficient (Wildman–Crippen LogP) is 3.00. The molecule has 0 unspecified atom stereocenters. The lowest BCUT2D eigenvalue weighted by atomic mass is 10.0. The maximum Gasteiger partial charge on any atom is 0.217 e. The summed E-state index contributed by atoms with van der Waals surface area (Å²) in [5, 5.41) is 3.12. The zero-order valence-electron chi connectivity index (χ0n) is 15.6. The van der Waals surface area contributed by atoms with Crippen molar-refractivity contribution in [1.82, 2.24) is 19.8 Å². The highest BCUT2D eigenvalue weighted by atomic mass is 16.3. The molecule has 1 aliphatic carbocycles. The second-order valence-corrected chi connectivity index (χ2v) is 7.79. The van der Waals surface area contributed by atoms with E-state index < -0.39 is 0 Å². The Kier molecular flexibility index (Phi) is 4.85. The van der Waals surface area contributed by atoms with Crippen molar-refractivity contribution < 1.29 is 9.21 Å². The van der Waals surface area contributed by atoms with E-state index in [4.69, 9.17) is 4.42 Å². The van der Waals surface area contributed by atoms with Crippen LogP contribution in [0.4, 0.5) is 0 Å². The summed E-state index contributed by atoms with van der Waals surface area (Å²) in [6.07, 6.45) is 9.13. The van der Waals surface area contributed by atoms with Crippen LogP contribution in [0, 0.1) is 6.92 Å². The minimum atomic E-state index is 0.0149. The van der Waals surface area contributed by atoms with Crippen LogP contribution in [0.5, 0.6) is 0 Å². The van der Waals surface area contributed by atoms with Gasteiger partial charge in [0.25, 0.3) is 0 Å². The van der Waals surface area contributed by atoms with Crippen LogP contribution in [0.3, 0.4) is 0 Å². The Morgan fingerprint density at radius 2 is 2.12 bits per heavy atom. The van der Waals surface area contributed by atoms with Crippen molar-refractivity contribution in [3.05, 3.63) is 41.9 Å². The summed E-state index contributed by atoms with van der Waals surface area (Å²) >= 11 is 0. The Morgan fingerprint density at radius 3 is 2.81 bits per heavy atom. The number of aryl methyl sites for hydroxylation is 1. The van der Waals surface area contributed by atoms with Crippen LogP contribution in [0.15, 0.2) is 29.1 Å². The monoisotopic (exact) mass is 356 g/mol. The molecule has 3 heterocycles. The molecule has 1 N–H and O–H groups in total. The van der Waals surface area contributed by atoms with Gasteiger partial charge in [-0.25, -0.2) is 4.98 Å². The fourth-order valence-corrected chi connectivity index (χ4v) is 4.56. The third-order valence-electron chi connectivity index (χ3n) is 5.76. The lowest BCUT2D eigenvalue weighted by Crippen LogP contribution is -2.38. The molecule has 4 rings (SSSR count). The van der Waals surface area contributed by atoms with Crippen molar-refractivity contribution in [3.63, 3.8) is 0 Å². The average Bonchev–Trinajstić information content (AvgIpc) is 3.34. The van der Waals surface area contributed by atoms with E-state index in [-0.39, 0.29) is 17.9 Å². The first kappa shape index (κ1) is 17.3. The van der Waals surface area contributed by atoms with E-state index in [2.05, 4.69) is 19.8 Å². The number of aromatic nitrogens is 2. The van der Waals surface area contributed by atoms with Crippen molar-refractivity contribution in [2.75, 3.05) is 13.1 Å². The molecule has 2 aromatic heterocycles. The quantitative estimate of drug-likeness (QED) is 0.894. The molecule has 1 saturated carbocycles. The molecule has 140 valence electrons. The molecule has 2 aromatic rings. The van der Waals surface area contributed by atoms with Gasteiger partial charge in [0.05, 0.1) is 24.0 Å². The zero-order chi connectivity index (χ0) is 18.1. The number of likely N-dealkylation sites (tertiary alicyclic amines) is 1. The van der Waals surface area contributed by atoms with Gasteiger partial charge in [-0.15, -0.1) is 0 Å². The number of nitrogens with one attached hydrogen (secondary N) is 1. The molecule has 0 aromatic carbocycles. The summed E-state index contributed by atoms with van der Waals surface area (Å²) < 4.78 is 8.24. The molecule has 1 aliphatic heterocycles. The van der Waals surface area contributed by atoms with E-state index in [1.54, 1.807) is 6.92 Å². The van der Waals surface area contributed by atoms with Crippen LogP contribution in [-0.2, 0) is 11.3 Å². The Hall–Kier alpha value is -2.08. The molecule has 0 spiro atoms. The van der Waals surface area contributed by atoms with Gasteiger partial charge in [-0.3, -0.25) is 9.69 Å². The normalized spacial score (nSPS) is 24.4. The Labute approximate surface area is 154 Å². The first-order valence-corrected chi connectivity index (χ1v) is 9.66. The standard InChI is InChI=1S/C20H28N4O2/c1-14-7-8-20(26-14)18-11-23(12-19(18)22-15(2)25)10-17-9-21-13-24(17)16-5-3-4-6-16/h7-9,13,16,18-19H,3-6,10-12H2,1-2H3,(H,22,25)/t18-,19-/m1/s1. The maximum absolute atomic E-state index is 11.7. The van der Waals surface area contributed by atoms with E-state index in [9.17, 15) is 4.79 Å². The number of imidazole rings is 1. The highest BCUT2D eigenvalue weighted by Crippen LogP contribution is 2.33. The number of carbonyl (C=O) groups is 1. The molecule has 26 heavy (non-hydrogen) atoms. The molecule has 1 saturated heterocycles. The van der Waals surface area contributed by atoms with E-state index in [0.717, 1.165) is 31.2 Å². The Morgan fingerprint density at radius 1 is 1.31 bits per heavy atom. The van der Waals surface area contributed by atoms with Gasteiger partial charge in [0.2, 0.25) is 5.91 Å². The Balaban J connectivity index is 1.49. The third kappa shape index (κ3) is 3.56. The van der Waals surface area contributed by atoms with Gasteiger partial charge >= 0.3 is 0 Å². The van der Waals surface area contributed by atoms with Gasteiger partial charge in [0, 0.05) is 38.8 Å². The summed E-state index contributed by atoms with van der Waals surface area (Å²) in [6, 6.07) is 4.73. The third-order valence-corrected chi connectivity index (χ3v) is 5.76. The molecule has 2 aliphatic rings. The molecule has 6 heteroatoms.